The van der Waals surface area contributed by atoms with Crippen molar-refractivity contribution in [2.75, 3.05) is 12.0 Å². The number of rotatable bonds is 4. The summed E-state index contributed by atoms with van der Waals surface area (Å²) in [6.45, 7) is 2.03. The Bertz CT molecular complexity index is 1180. The number of aryl methyl sites for hydroxylation is 1. The number of methoxy groups -OCH3 is 1. The average Bonchev–Trinajstić information content (AvgIpc) is 3.39. The number of hydrogen-bond acceptors (Lipinski definition) is 5. The van der Waals surface area contributed by atoms with Gasteiger partial charge in [-0.15, -0.1) is 0 Å². The number of hydrazine groups is 1. The van der Waals surface area contributed by atoms with E-state index in [1.54, 1.807) is 12.1 Å². The minimum atomic E-state index is -0.380. The fourth-order valence-electron chi connectivity index (χ4n) is 4.89. The molecular formula is C26H24BrN3O3. The zero-order valence-corrected chi connectivity index (χ0v) is 19.9. The number of benzene rings is 3. The molecule has 2 heterocycles. The van der Waals surface area contributed by atoms with Gasteiger partial charge >= 0.3 is 5.97 Å². The summed E-state index contributed by atoms with van der Waals surface area (Å²) in [5.41, 5.74) is 11.2. The molecule has 0 bridgehead atoms. The first-order chi connectivity index (χ1) is 16.0. The maximum atomic E-state index is 13.7. The topological polar surface area (TPSA) is 70.7 Å². The summed E-state index contributed by atoms with van der Waals surface area (Å²) in [5, 5.41) is 0. The molecule has 2 aliphatic rings. The van der Waals surface area contributed by atoms with Gasteiger partial charge < -0.3 is 9.64 Å². The van der Waals surface area contributed by atoms with Gasteiger partial charge in [0, 0.05) is 16.1 Å². The molecule has 0 aliphatic carbocycles. The fraction of sp³-hybridized carbons (Fsp3) is 0.231. The molecule has 2 fully saturated rings. The lowest BCUT2D eigenvalue weighted by molar-refractivity contribution is -0.119. The average molecular weight is 506 g/mol. The van der Waals surface area contributed by atoms with Crippen LogP contribution in [0.5, 0.6) is 0 Å². The Morgan fingerprint density at radius 1 is 0.879 bits per heavy atom. The van der Waals surface area contributed by atoms with Gasteiger partial charge in [0.05, 0.1) is 24.8 Å². The van der Waals surface area contributed by atoms with Crippen molar-refractivity contribution in [3.8, 4) is 0 Å². The van der Waals surface area contributed by atoms with Gasteiger partial charge in [-0.25, -0.2) is 15.6 Å². The van der Waals surface area contributed by atoms with Gasteiger partial charge in [0.15, 0.2) is 0 Å². The van der Waals surface area contributed by atoms with E-state index in [9.17, 15) is 9.59 Å². The molecule has 0 aromatic heterocycles. The van der Waals surface area contributed by atoms with Crippen molar-refractivity contribution in [2.45, 2.75) is 25.0 Å². The van der Waals surface area contributed by atoms with Crippen LogP contribution in [0.15, 0.2) is 77.3 Å². The molecule has 5 rings (SSSR count). The van der Waals surface area contributed by atoms with Crippen molar-refractivity contribution in [1.82, 2.24) is 10.9 Å². The van der Waals surface area contributed by atoms with Crippen LogP contribution in [0, 0.1) is 12.8 Å². The Morgan fingerprint density at radius 3 is 2.12 bits per heavy atom. The summed E-state index contributed by atoms with van der Waals surface area (Å²) in [7, 11) is 1.37. The van der Waals surface area contributed by atoms with Crippen molar-refractivity contribution < 1.29 is 14.3 Å². The van der Waals surface area contributed by atoms with Crippen LogP contribution < -0.4 is 15.8 Å². The molecule has 2 N–H and O–H groups in total. The Balaban J connectivity index is 1.60. The Morgan fingerprint density at radius 2 is 1.48 bits per heavy atom. The first kappa shape index (κ1) is 21.8. The number of nitrogens with one attached hydrogen (secondary N) is 2. The first-order valence-corrected chi connectivity index (χ1v) is 11.6. The summed E-state index contributed by atoms with van der Waals surface area (Å²) < 4.78 is 5.85. The van der Waals surface area contributed by atoms with Crippen LogP contribution >= 0.6 is 15.9 Å². The minimum Gasteiger partial charge on any atom is -0.465 e. The zero-order chi connectivity index (χ0) is 23.1. The monoisotopic (exact) mass is 505 g/mol. The van der Waals surface area contributed by atoms with Crippen molar-refractivity contribution in [3.05, 3.63) is 99.5 Å². The maximum absolute atomic E-state index is 13.7. The lowest BCUT2D eigenvalue weighted by atomic mass is 9.83. The summed E-state index contributed by atoms with van der Waals surface area (Å²) in [4.78, 5) is 27.5. The number of amides is 1. The summed E-state index contributed by atoms with van der Waals surface area (Å²) in [5.74, 6) is -0.406. The number of esters is 1. The standard InChI is InChI=1S/C26H24BrN3O3/c1-15-3-13-20(14-4-15)30-24(17-5-7-18(8-6-17)26(32)33-2)21-22(28-29-23(21)25(30)31)16-9-11-19(27)12-10-16/h3-14,21-24,28-29H,1-2H3. The quantitative estimate of drug-likeness (QED) is 0.512. The molecule has 2 saturated heterocycles. The summed E-state index contributed by atoms with van der Waals surface area (Å²) >= 11 is 3.50. The molecule has 4 atom stereocenters. The lowest BCUT2D eigenvalue weighted by Gasteiger charge is -2.31. The van der Waals surface area contributed by atoms with E-state index in [-0.39, 0.29) is 35.9 Å². The van der Waals surface area contributed by atoms with E-state index in [0.717, 1.165) is 26.9 Å². The molecule has 0 spiro atoms. The van der Waals surface area contributed by atoms with Crippen molar-refractivity contribution in [2.24, 2.45) is 5.92 Å². The van der Waals surface area contributed by atoms with E-state index < -0.39 is 0 Å². The number of carbonyl (C=O) groups excluding carboxylic acids is 2. The van der Waals surface area contributed by atoms with Gasteiger partial charge in [-0.3, -0.25) is 4.79 Å². The number of anilines is 1. The van der Waals surface area contributed by atoms with Gasteiger partial charge in [-0.1, -0.05) is 57.9 Å². The van der Waals surface area contributed by atoms with Gasteiger partial charge in [0.25, 0.3) is 0 Å². The Kier molecular flexibility index (Phi) is 5.78. The maximum Gasteiger partial charge on any atom is 0.337 e. The van der Waals surface area contributed by atoms with Crippen molar-refractivity contribution >= 4 is 33.5 Å². The Hall–Kier alpha value is -3.00. The highest BCUT2D eigenvalue weighted by atomic mass is 79.9. The third-order valence-corrected chi connectivity index (χ3v) is 7.05. The SMILES string of the molecule is COC(=O)c1ccc(C2C3C(NNC3c3ccc(Br)cc3)C(=O)N2c2ccc(C)cc2)cc1. The number of nitrogens with zero attached hydrogens (tertiary/aromatic N) is 1. The molecule has 1 amide bonds. The van der Waals surface area contributed by atoms with Crippen LogP contribution in [0.4, 0.5) is 5.69 Å². The van der Waals surface area contributed by atoms with E-state index in [4.69, 9.17) is 4.74 Å². The number of fused-ring (bicyclic) bond motifs is 1. The van der Waals surface area contributed by atoms with Crippen LogP contribution in [0.2, 0.25) is 0 Å². The molecule has 4 unspecified atom stereocenters. The van der Waals surface area contributed by atoms with Gasteiger partial charge in [0.2, 0.25) is 5.91 Å². The number of ether oxygens (including phenoxy) is 1. The second kappa shape index (κ2) is 8.74. The lowest BCUT2D eigenvalue weighted by Crippen LogP contribution is -2.41. The molecule has 0 saturated carbocycles. The fourth-order valence-corrected chi connectivity index (χ4v) is 5.15. The molecule has 7 heteroatoms. The van der Waals surface area contributed by atoms with E-state index in [1.165, 1.54) is 7.11 Å². The van der Waals surface area contributed by atoms with Gasteiger partial charge in [-0.2, -0.15) is 0 Å². The third kappa shape index (κ3) is 3.86. The molecule has 2 aliphatic heterocycles. The van der Waals surface area contributed by atoms with Crippen molar-refractivity contribution in [3.63, 3.8) is 0 Å². The smallest absolute Gasteiger partial charge is 0.337 e. The van der Waals surface area contributed by atoms with Gasteiger partial charge in [-0.05, 0) is 54.4 Å². The number of halogens is 1. The van der Waals surface area contributed by atoms with Crippen LogP contribution in [-0.4, -0.2) is 25.0 Å². The van der Waals surface area contributed by atoms with E-state index in [2.05, 4.69) is 38.9 Å². The largest absolute Gasteiger partial charge is 0.465 e. The second-order valence-electron chi connectivity index (χ2n) is 8.48. The predicted octanol–water partition coefficient (Wildman–Crippen LogP) is 4.47. The highest BCUT2D eigenvalue weighted by molar-refractivity contribution is 9.10. The molecule has 6 nitrogen and oxygen atoms in total. The molecule has 0 radical (unpaired) electrons. The molecule has 168 valence electrons. The molecule has 33 heavy (non-hydrogen) atoms. The van der Waals surface area contributed by atoms with Crippen LogP contribution in [0.1, 0.15) is 39.1 Å². The zero-order valence-electron chi connectivity index (χ0n) is 18.3. The summed E-state index contributed by atoms with van der Waals surface area (Å²) in [6.07, 6.45) is 0. The normalized spacial score (nSPS) is 24.1. The molecule has 3 aromatic carbocycles. The highest BCUT2D eigenvalue weighted by Gasteiger charge is 2.55. The second-order valence-corrected chi connectivity index (χ2v) is 9.39. The molecular weight excluding hydrogens is 482 g/mol. The van der Waals surface area contributed by atoms with Crippen LogP contribution in [0.3, 0.4) is 0 Å². The number of hydrogen-bond donors (Lipinski definition) is 2. The predicted molar refractivity (Wildman–Crippen MR) is 130 cm³/mol. The van der Waals surface area contributed by atoms with E-state index in [1.807, 2.05) is 60.4 Å². The highest BCUT2D eigenvalue weighted by Crippen LogP contribution is 2.49. The van der Waals surface area contributed by atoms with E-state index >= 15 is 0 Å². The van der Waals surface area contributed by atoms with E-state index in [0.29, 0.717) is 5.56 Å². The van der Waals surface area contributed by atoms with Crippen molar-refractivity contribution in [1.29, 1.82) is 0 Å². The molecule has 3 aromatic rings. The van der Waals surface area contributed by atoms with Crippen LogP contribution in [-0.2, 0) is 9.53 Å². The number of carbonyl (C=O) groups is 2. The van der Waals surface area contributed by atoms with Crippen LogP contribution in [0.25, 0.3) is 0 Å². The first-order valence-electron chi connectivity index (χ1n) is 10.8. The van der Waals surface area contributed by atoms with Gasteiger partial charge in [0.1, 0.15) is 6.04 Å². The summed E-state index contributed by atoms with van der Waals surface area (Å²) in [6, 6.07) is 22.9. The third-order valence-electron chi connectivity index (χ3n) is 6.52. The Labute approximate surface area is 201 Å². The minimum absolute atomic E-state index is 0.0259.